The minimum Gasteiger partial charge on any atom is -0.397 e. The second kappa shape index (κ2) is 13.1. The summed E-state index contributed by atoms with van der Waals surface area (Å²) in [7, 11) is 2.10. The molecular formula is C48H38N3O2+3. The van der Waals surface area contributed by atoms with Crippen LogP contribution in [0.5, 0.6) is 0 Å². The second-order valence-corrected chi connectivity index (χ2v) is 13.8. The van der Waals surface area contributed by atoms with Gasteiger partial charge >= 0.3 is 5.97 Å². The fourth-order valence-corrected chi connectivity index (χ4v) is 7.69. The second-order valence-electron chi connectivity index (χ2n) is 13.8. The number of carbonyl (C=O) groups excluding carboxylic acids is 1. The number of benzene rings is 5. The molecule has 0 radical (unpaired) electrons. The maximum absolute atomic E-state index is 14.7. The monoisotopic (exact) mass is 688 g/mol. The van der Waals surface area contributed by atoms with Crippen molar-refractivity contribution < 1.29 is 23.2 Å². The molecule has 0 saturated carbocycles. The van der Waals surface area contributed by atoms with Crippen molar-refractivity contribution in [3.8, 4) is 61.7 Å². The lowest BCUT2D eigenvalue weighted by molar-refractivity contribution is -0.717. The van der Waals surface area contributed by atoms with Gasteiger partial charge in [-0.15, -0.1) is 4.57 Å². The summed E-state index contributed by atoms with van der Waals surface area (Å²) in [5, 5.41) is 2.25. The normalized spacial score (nSPS) is 12.2. The molecule has 0 saturated heterocycles. The number of rotatable bonds is 4. The summed E-state index contributed by atoms with van der Waals surface area (Å²) in [6.45, 7) is 4.28. The van der Waals surface area contributed by atoms with Gasteiger partial charge in [0.25, 0.3) is 12.4 Å². The standard InChI is InChI=1S/C48H38N3O2/c1-32-20-22-35(23-21-32)38-29-44(39-17-9-7-13-33(39)2)51-45(30-38)48(52)53-31-50-25-12-11-19-43(50)41-27-37(34-14-5-4-6-15-34)28-42(47(41)51)46-40-18-10-8-16-36(40)24-26-49(46)3/h4-30H,31H2,1-3H3/q+3. The first-order valence-corrected chi connectivity index (χ1v) is 18.0. The van der Waals surface area contributed by atoms with Gasteiger partial charge in [0.05, 0.1) is 5.39 Å². The zero-order chi connectivity index (χ0) is 36.1. The van der Waals surface area contributed by atoms with E-state index in [0.717, 1.165) is 78.0 Å². The molecule has 0 unspecified atom stereocenters. The molecule has 3 aromatic heterocycles. The van der Waals surface area contributed by atoms with E-state index in [-0.39, 0.29) is 6.73 Å². The number of carbonyl (C=O) groups is 1. The first-order valence-electron chi connectivity index (χ1n) is 18.0. The zero-order valence-corrected chi connectivity index (χ0v) is 30.0. The topological polar surface area (TPSA) is 37.9 Å². The summed E-state index contributed by atoms with van der Waals surface area (Å²) in [6.07, 6.45) is 4.11. The lowest BCUT2D eigenvalue weighted by atomic mass is 9.91. The predicted molar refractivity (Wildman–Crippen MR) is 209 cm³/mol. The van der Waals surface area contributed by atoms with Gasteiger partial charge in [-0.3, -0.25) is 0 Å². The average molecular weight is 689 g/mol. The van der Waals surface area contributed by atoms with Gasteiger partial charge in [0.2, 0.25) is 22.8 Å². The maximum atomic E-state index is 14.7. The van der Waals surface area contributed by atoms with Crippen LogP contribution in [0, 0.1) is 13.8 Å². The highest BCUT2D eigenvalue weighted by Gasteiger charge is 2.40. The molecule has 0 spiro atoms. The summed E-state index contributed by atoms with van der Waals surface area (Å²) < 4.78 is 12.6. The van der Waals surface area contributed by atoms with Crippen molar-refractivity contribution in [1.82, 2.24) is 0 Å². The third-order valence-electron chi connectivity index (χ3n) is 10.4. The van der Waals surface area contributed by atoms with Crippen molar-refractivity contribution in [2.75, 3.05) is 0 Å². The van der Waals surface area contributed by atoms with Crippen LogP contribution < -0.4 is 13.7 Å². The Kier molecular flexibility index (Phi) is 7.97. The number of nitrogens with zero attached hydrogens (tertiary/aromatic N) is 3. The highest BCUT2D eigenvalue weighted by atomic mass is 16.5. The lowest BCUT2D eigenvalue weighted by Crippen LogP contribution is -2.43. The summed E-state index contributed by atoms with van der Waals surface area (Å²) >= 11 is 0. The van der Waals surface area contributed by atoms with E-state index in [1.807, 2.05) is 29.0 Å². The van der Waals surface area contributed by atoms with Crippen molar-refractivity contribution in [2.45, 2.75) is 20.6 Å². The average Bonchev–Trinajstić information content (AvgIpc) is 3.24. The first kappa shape index (κ1) is 32.2. The van der Waals surface area contributed by atoms with Crippen LogP contribution in [-0.2, 0) is 18.5 Å². The van der Waals surface area contributed by atoms with Crippen molar-refractivity contribution in [3.63, 3.8) is 0 Å². The Labute approximate surface area is 309 Å². The Morgan fingerprint density at radius 2 is 1.23 bits per heavy atom. The van der Waals surface area contributed by atoms with Gasteiger partial charge in [-0.05, 0) is 77.4 Å². The van der Waals surface area contributed by atoms with Crippen molar-refractivity contribution in [1.29, 1.82) is 0 Å². The van der Waals surface area contributed by atoms with Crippen LogP contribution in [0.3, 0.4) is 0 Å². The largest absolute Gasteiger partial charge is 0.409 e. The van der Waals surface area contributed by atoms with Gasteiger partial charge in [0, 0.05) is 35.9 Å². The van der Waals surface area contributed by atoms with E-state index in [1.165, 1.54) is 5.56 Å². The van der Waals surface area contributed by atoms with Gasteiger partial charge < -0.3 is 4.74 Å². The molecule has 0 atom stereocenters. The Balaban J connectivity index is 1.52. The Bertz CT molecular complexity index is 2720. The van der Waals surface area contributed by atoms with Crippen LogP contribution in [-0.4, -0.2) is 5.97 Å². The molecule has 1 aliphatic heterocycles. The number of aromatic nitrogens is 3. The summed E-state index contributed by atoms with van der Waals surface area (Å²) in [5.74, 6) is -0.399. The Morgan fingerprint density at radius 3 is 2.06 bits per heavy atom. The van der Waals surface area contributed by atoms with Crippen molar-refractivity contribution in [2.24, 2.45) is 7.05 Å². The molecule has 4 heterocycles. The maximum Gasteiger partial charge on any atom is 0.409 e. The van der Waals surface area contributed by atoms with E-state index in [0.29, 0.717) is 5.69 Å². The number of ether oxygens (including phenoxy) is 1. The molecule has 0 fully saturated rings. The van der Waals surface area contributed by atoms with Gasteiger partial charge in [-0.25, -0.2) is 9.36 Å². The van der Waals surface area contributed by atoms with Crippen molar-refractivity contribution >= 4 is 16.7 Å². The van der Waals surface area contributed by atoms with Crippen LogP contribution in [0.15, 0.2) is 164 Å². The van der Waals surface area contributed by atoms with Gasteiger partial charge in [-0.1, -0.05) is 96.6 Å². The van der Waals surface area contributed by atoms with E-state index in [4.69, 9.17) is 4.74 Å². The molecular weight excluding hydrogens is 651 g/mol. The van der Waals surface area contributed by atoms with Gasteiger partial charge in [0.15, 0.2) is 12.4 Å². The van der Waals surface area contributed by atoms with Crippen molar-refractivity contribution in [3.05, 3.63) is 181 Å². The smallest absolute Gasteiger partial charge is 0.397 e. The van der Waals surface area contributed by atoms with Crippen LogP contribution in [0.2, 0.25) is 0 Å². The zero-order valence-electron chi connectivity index (χ0n) is 30.0. The summed E-state index contributed by atoms with van der Waals surface area (Å²) in [5.41, 5.74) is 13.7. The molecule has 9 rings (SSSR count). The van der Waals surface area contributed by atoms with Crippen LogP contribution >= 0.6 is 0 Å². The fourth-order valence-electron chi connectivity index (χ4n) is 7.69. The number of hydrogen-bond donors (Lipinski definition) is 0. The SMILES string of the molecule is Cc1ccc(-c2cc3[n+](c(-c4ccccc4C)c2)-c2c(-c4c5ccccc5cc[n+]4C)cc(-c4ccccc4)cc2-c2cccc[n+]2COC3=O)cc1. The quantitative estimate of drug-likeness (QED) is 0.137. The molecule has 0 bridgehead atoms. The molecule has 5 nitrogen and oxygen atoms in total. The predicted octanol–water partition coefficient (Wildman–Crippen LogP) is 9.31. The highest BCUT2D eigenvalue weighted by molar-refractivity contribution is 5.98. The Morgan fingerprint density at radius 1 is 0.547 bits per heavy atom. The molecule has 0 aliphatic carbocycles. The van der Waals surface area contributed by atoms with E-state index in [2.05, 4.69) is 170 Å². The molecule has 0 amide bonds. The number of hydrogen-bond acceptors (Lipinski definition) is 2. The number of cyclic esters (lactones) is 1. The molecule has 0 N–H and O–H groups in total. The molecule has 254 valence electrons. The van der Waals surface area contributed by atoms with E-state index < -0.39 is 5.97 Å². The van der Waals surface area contributed by atoms with Crippen LogP contribution in [0.25, 0.3) is 72.5 Å². The lowest BCUT2D eigenvalue weighted by Gasteiger charge is -2.17. The first-order chi connectivity index (χ1) is 25.9. The van der Waals surface area contributed by atoms with E-state index in [1.54, 1.807) is 0 Å². The third-order valence-corrected chi connectivity index (χ3v) is 10.4. The molecule has 8 aromatic rings. The van der Waals surface area contributed by atoms with E-state index >= 15 is 0 Å². The number of esters is 1. The van der Waals surface area contributed by atoms with Gasteiger partial charge in [-0.2, -0.15) is 4.57 Å². The fraction of sp³-hybridized carbons (Fsp3) is 0.0833. The molecule has 53 heavy (non-hydrogen) atoms. The summed E-state index contributed by atoms with van der Waals surface area (Å²) in [6, 6.07) is 53.0. The van der Waals surface area contributed by atoms with E-state index in [9.17, 15) is 4.79 Å². The number of aryl methyl sites for hydroxylation is 3. The summed E-state index contributed by atoms with van der Waals surface area (Å²) in [4.78, 5) is 14.7. The van der Waals surface area contributed by atoms with Gasteiger partial charge in [0.1, 0.15) is 18.2 Å². The molecule has 1 aliphatic rings. The highest BCUT2D eigenvalue weighted by Crippen LogP contribution is 2.40. The molecule has 5 aromatic carbocycles. The van der Waals surface area contributed by atoms with Crippen LogP contribution in [0.1, 0.15) is 21.6 Å². The third kappa shape index (κ3) is 5.67. The molecule has 5 heteroatoms. The Hall–Kier alpha value is -6.72. The minimum atomic E-state index is -0.399. The number of pyridine rings is 3. The van der Waals surface area contributed by atoms with Crippen LogP contribution in [0.4, 0.5) is 0 Å². The number of fused-ring (bicyclic) bond motifs is 6. The minimum absolute atomic E-state index is 0.0653.